The van der Waals surface area contributed by atoms with E-state index in [1.54, 1.807) is 0 Å². The Kier molecular flexibility index (Phi) is 5.53. The molecule has 5 heteroatoms. The molecule has 2 aromatic carbocycles. The van der Waals surface area contributed by atoms with E-state index >= 15 is 0 Å². The molecule has 2 N–H and O–H groups in total. The van der Waals surface area contributed by atoms with Crippen molar-refractivity contribution < 1.29 is 19.2 Å². The number of aryl methyl sites for hydroxylation is 2. The number of hydrogen-bond acceptors (Lipinski definition) is 3. The average molecular weight is 381 g/mol. The van der Waals surface area contributed by atoms with E-state index in [0.29, 0.717) is 25.8 Å². The highest BCUT2D eigenvalue weighted by molar-refractivity contribution is 5.92. The molecule has 0 bridgehead atoms. The third-order valence-corrected chi connectivity index (χ3v) is 5.70. The van der Waals surface area contributed by atoms with Crippen LogP contribution in [0.1, 0.15) is 42.0 Å². The van der Waals surface area contributed by atoms with Gasteiger partial charge in [-0.1, -0.05) is 17.7 Å². The van der Waals surface area contributed by atoms with Crippen molar-refractivity contribution in [1.82, 2.24) is 0 Å². The van der Waals surface area contributed by atoms with E-state index in [1.165, 1.54) is 16.0 Å². The van der Waals surface area contributed by atoms with Crippen LogP contribution >= 0.6 is 0 Å². The molecule has 2 aliphatic rings. The minimum Gasteiger partial charge on any atom is -0.490 e. The van der Waals surface area contributed by atoms with Gasteiger partial charge in [-0.25, -0.2) is 0 Å². The van der Waals surface area contributed by atoms with Gasteiger partial charge in [0.15, 0.2) is 18.0 Å². The third kappa shape index (κ3) is 4.14. The minimum atomic E-state index is 0.0724. The standard InChI is InChI=1S/C23H28N2O3/c1-16-6-8-19(17(2)13-16)24-23(26)15-25-10-3-5-20(25)18-7-9-21-22(14-18)28-12-4-11-27-21/h6-9,13-14,20H,3-5,10-12,15H2,1-2H3,(H,24,26)/p+1/t20-/m0/s1. The first-order valence-electron chi connectivity index (χ1n) is 10.2. The molecule has 1 amide bonds. The van der Waals surface area contributed by atoms with Crippen molar-refractivity contribution in [2.24, 2.45) is 0 Å². The van der Waals surface area contributed by atoms with Gasteiger partial charge < -0.3 is 19.7 Å². The number of rotatable bonds is 4. The lowest BCUT2D eigenvalue weighted by atomic mass is 10.0. The van der Waals surface area contributed by atoms with Crippen molar-refractivity contribution in [2.45, 2.75) is 39.2 Å². The van der Waals surface area contributed by atoms with Crippen molar-refractivity contribution in [1.29, 1.82) is 0 Å². The van der Waals surface area contributed by atoms with Crippen molar-refractivity contribution in [3.05, 3.63) is 53.1 Å². The molecule has 5 nitrogen and oxygen atoms in total. The molecule has 4 rings (SSSR count). The molecular weight excluding hydrogens is 352 g/mol. The third-order valence-electron chi connectivity index (χ3n) is 5.70. The molecule has 2 atom stereocenters. The molecule has 2 aliphatic heterocycles. The van der Waals surface area contributed by atoms with Crippen LogP contribution < -0.4 is 19.7 Å². The second-order valence-corrected chi connectivity index (χ2v) is 7.90. The van der Waals surface area contributed by atoms with Gasteiger partial charge in [-0.3, -0.25) is 4.79 Å². The second kappa shape index (κ2) is 8.23. The van der Waals surface area contributed by atoms with Crippen molar-refractivity contribution >= 4 is 11.6 Å². The highest BCUT2D eigenvalue weighted by Crippen LogP contribution is 2.33. The largest absolute Gasteiger partial charge is 0.490 e. The molecule has 0 aliphatic carbocycles. The Hall–Kier alpha value is -2.53. The molecule has 0 radical (unpaired) electrons. The second-order valence-electron chi connectivity index (χ2n) is 7.90. The SMILES string of the molecule is Cc1ccc(NC(=O)C[NH+]2CCC[C@H]2c2ccc3c(c2)OCCCO3)c(C)c1. The molecule has 1 unspecified atom stereocenters. The maximum Gasteiger partial charge on any atom is 0.279 e. The molecule has 28 heavy (non-hydrogen) atoms. The summed E-state index contributed by atoms with van der Waals surface area (Å²) in [7, 11) is 0. The van der Waals surface area contributed by atoms with Crippen LogP contribution in [0.3, 0.4) is 0 Å². The number of anilines is 1. The topological polar surface area (TPSA) is 52.0 Å². The molecular formula is C23H29N2O3+. The number of benzene rings is 2. The van der Waals surface area contributed by atoms with Gasteiger partial charge in [-0.2, -0.15) is 0 Å². The zero-order valence-corrected chi connectivity index (χ0v) is 16.7. The fourth-order valence-electron chi connectivity index (χ4n) is 4.28. The van der Waals surface area contributed by atoms with Gasteiger partial charge in [0.2, 0.25) is 0 Å². The summed E-state index contributed by atoms with van der Waals surface area (Å²) in [5.74, 6) is 1.73. The number of hydrogen-bond donors (Lipinski definition) is 2. The smallest absolute Gasteiger partial charge is 0.279 e. The predicted octanol–water partition coefficient (Wildman–Crippen LogP) is 2.82. The normalized spacial score (nSPS) is 21.2. The number of carbonyl (C=O) groups excluding carboxylic acids is 1. The number of likely N-dealkylation sites (tertiary alicyclic amines) is 1. The molecule has 2 heterocycles. The van der Waals surface area contributed by atoms with Crippen LogP contribution in [0.2, 0.25) is 0 Å². The van der Waals surface area contributed by atoms with E-state index in [1.807, 2.05) is 25.1 Å². The lowest BCUT2D eigenvalue weighted by Crippen LogP contribution is -3.11. The van der Waals surface area contributed by atoms with Gasteiger partial charge in [0.25, 0.3) is 5.91 Å². The molecule has 1 saturated heterocycles. The summed E-state index contributed by atoms with van der Waals surface area (Å²) in [6.07, 6.45) is 3.13. The van der Waals surface area contributed by atoms with Gasteiger partial charge in [0.05, 0.1) is 19.8 Å². The van der Waals surface area contributed by atoms with Crippen molar-refractivity contribution in [3.63, 3.8) is 0 Å². The van der Waals surface area contributed by atoms with E-state index in [4.69, 9.17) is 9.47 Å². The summed E-state index contributed by atoms with van der Waals surface area (Å²) in [6, 6.07) is 12.7. The summed E-state index contributed by atoms with van der Waals surface area (Å²) in [5, 5.41) is 3.09. The lowest BCUT2D eigenvalue weighted by molar-refractivity contribution is -0.910. The molecule has 148 valence electrons. The summed E-state index contributed by atoms with van der Waals surface area (Å²) >= 11 is 0. The Morgan fingerprint density at radius 1 is 1.07 bits per heavy atom. The first-order valence-corrected chi connectivity index (χ1v) is 10.2. The van der Waals surface area contributed by atoms with Gasteiger partial charge in [-0.15, -0.1) is 0 Å². The van der Waals surface area contributed by atoms with Gasteiger partial charge in [0, 0.05) is 30.5 Å². The number of nitrogens with one attached hydrogen (secondary N) is 2. The highest BCUT2D eigenvalue weighted by atomic mass is 16.5. The van der Waals surface area contributed by atoms with Gasteiger partial charge in [-0.05, 0) is 43.7 Å². The Morgan fingerprint density at radius 3 is 2.71 bits per heavy atom. The van der Waals surface area contributed by atoms with Crippen LogP contribution in [0.4, 0.5) is 5.69 Å². The Balaban J connectivity index is 1.45. The highest BCUT2D eigenvalue weighted by Gasteiger charge is 2.32. The van der Waals surface area contributed by atoms with E-state index in [2.05, 4.69) is 30.4 Å². The van der Waals surface area contributed by atoms with Crippen LogP contribution in [0.15, 0.2) is 36.4 Å². The summed E-state index contributed by atoms with van der Waals surface area (Å²) < 4.78 is 11.6. The first-order chi connectivity index (χ1) is 13.6. The molecule has 1 fully saturated rings. The van der Waals surface area contributed by atoms with Crippen molar-refractivity contribution in [2.75, 3.05) is 31.6 Å². The van der Waals surface area contributed by atoms with Crippen LogP contribution in [0.25, 0.3) is 0 Å². The Labute approximate surface area is 166 Å². The quantitative estimate of drug-likeness (QED) is 0.856. The van der Waals surface area contributed by atoms with Crippen LogP contribution in [0, 0.1) is 13.8 Å². The maximum absolute atomic E-state index is 12.7. The first kappa shape index (κ1) is 18.8. The number of carbonyl (C=O) groups is 1. The zero-order valence-electron chi connectivity index (χ0n) is 16.7. The number of quaternary nitrogens is 1. The fourth-order valence-corrected chi connectivity index (χ4v) is 4.28. The van der Waals surface area contributed by atoms with E-state index < -0.39 is 0 Å². The number of fused-ring (bicyclic) bond motifs is 1. The molecule has 0 spiro atoms. The maximum atomic E-state index is 12.7. The van der Waals surface area contributed by atoms with Gasteiger partial charge in [0.1, 0.15) is 6.04 Å². The molecule has 0 saturated carbocycles. The Morgan fingerprint density at radius 2 is 1.89 bits per heavy atom. The fraction of sp³-hybridized carbons (Fsp3) is 0.435. The molecule has 2 aromatic rings. The average Bonchev–Trinajstić information content (AvgIpc) is 2.99. The Bertz CT molecular complexity index is 865. The zero-order chi connectivity index (χ0) is 19.5. The molecule has 0 aromatic heterocycles. The number of ether oxygens (including phenoxy) is 2. The van der Waals surface area contributed by atoms with E-state index in [-0.39, 0.29) is 5.91 Å². The minimum absolute atomic E-state index is 0.0724. The van der Waals surface area contributed by atoms with E-state index in [9.17, 15) is 4.79 Å². The summed E-state index contributed by atoms with van der Waals surface area (Å²) in [6.45, 7) is 6.98. The predicted molar refractivity (Wildman–Crippen MR) is 109 cm³/mol. The van der Waals surface area contributed by atoms with Gasteiger partial charge >= 0.3 is 0 Å². The monoisotopic (exact) mass is 381 g/mol. The van der Waals surface area contributed by atoms with Crippen LogP contribution in [-0.2, 0) is 4.79 Å². The summed E-state index contributed by atoms with van der Waals surface area (Å²) in [5.41, 5.74) is 4.44. The van der Waals surface area contributed by atoms with Crippen LogP contribution in [0.5, 0.6) is 11.5 Å². The lowest BCUT2D eigenvalue weighted by Gasteiger charge is -2.22. The van der Waals surface area contributed by atoms with E-state index in [0.717, 1.165) is 48.6 Å². The number of amides is 1. The van der Waals surface area contributed by atoms with Crippen LogP contribution in [-0.4, -0.2) is 32.2 Å². The van der Waals surface area contributed by atoms with Crippen molar-refractivity contribution in [3.8, 4) is 11.5 Å². The summed E-state index contributed by atoms with van der Waals surface area (Å²) in [4.78, 5) is 14.0.